The predicted octanol–water partition coefficient (Wildman–Crippen LogP) is 6.02. The molecule has 5 rings (SSSR count). The molecule has 2 heterocycles. The fraction of sp³-hybridized carbons (Fsp3) is 0.154. The Bertz CT molecular complexity index is 1540. The second-order valence-electron chi connectivity index (χ2n) is 8.37. The average Bonchev–Trinajstić information content (AvgIpc) is 2.88. The fourth-order valence-corrected chi connectivity index (χ4v) is 5.28. The van der Waals surface area contributed by atoms with E-state index in [9.17, 15) is 26.0 Å². The highest BCUT2D eigenvalue weighted by Gasteiger charge is 2.33. The number of nitrogens with zero attached hydrogens (tertiary/aromatic N) is 2. The van der Waals surface area contributed by atoms with Gasteiger partial charge < -0.3 is 4.74 Å². The van der Waals surface area contributed by atoms with Gasteiger partial charge in [0.2, 0.25) is 5.95 Å². The van der Waals surface area contributed by atoms with Gasteiger partial charge in [-0.1, -0.05) is 24.3 Å². The zero-order chi connectivity index (χ0) is 26.2. The van der Waals surface area contributed by atoms with E-state index >= 15 is 0 Å². The van der Waals surface area contributed by atoms with Crippen LogP contribution in [0.15, 0.2) is 84.0 Å². The molecule has 0 bridgehead atoms. The van der Waals surface area contributed by atoms with Gasteiger partial charge in [-0.05, 0) is 59.5 Å². The number of hydrogen-bond donors (Lipinski definition) is 1. The van der Waals surface area contributed by atoms with Crippen molar-refractivity contribution >= 4 is 16.0 Å². The standard InChI is InChI=1S/C26H19F4N3O3S/c27-18-5-2-16(3-6-18)23-14-17(26(28,29)30)4-8-20(23)21-10-13-36-24-15-19(7-9-22(21)24)37(34,35)33-25-31-11-1-12-32-25/h1-9,11-12,14-15,21H,10,13H2,(H,31,32,33). The summed E-state index contributed by atoms with van der Waals surface area (Å²) in [4.78, 5) is 7.64. The van der Waals surface area contributed by atoms with Gasteiger partial charge in [0, 0.05) is 29.9 Å². The maximum absolute atomic E-state index is 13.5. The molecule has 3 aromatic carbocycles. The molecule has 37 heavy (non-hydrogen) atoms. The number of benzene rings is 3. The molecule has 0 saturated heterocycles. The van der Waals surface area contributed by atoms with Crippen molar-refractivity contribution in [1.82, 2.24) is 9.97 Å². The molecular formula is C26H19F4N3O3S. The Hall–Kier alpha value is -3.99. The van der Waals surface area contributed by atoms with Gasteiger partial charge in [-0.25, -0.2) is 27.5 Å². The highest BCUT2D eigenvalue weighted by atomic mass is 32.2. The molecule has 0 saturated carbocycles. The van der Waals surface area contributed by atoms with E-state index in [4.69, 9.17) is 4.74 Å². The molecule has 0 fully saturated rings. The molecule has 0 spiro atoms. The number of nitrogens with one attached hydrogen (secondary N) is 1. The van der Waals surface area contributed by atoms with Crippen molar-refractivity contribution in [3.63, 3.8) is 0 Å². The first-order chi connectivity index (χ1) is 17.6. The topological polar surface area (TPSA) is 81.2 Å². The average molecular weight is 530 g/mol. The quantitative estimate of drug-likeness (QED) is 0.320. The number of halogens is 4. The lowest BCUT2D eigenvalue weighted by Gasteiger charge is -2.29. The number of ether oxygens (including phenoxy) is 1. The van der Waals surface area contributed by atoms with Crippen LogP contribution in [0.1, 0.15) is 29.0 Å². The molecular weight excluding hydrogens is 510 g/mol. The summed E-state index contributed by atoms with van der Waals surface area (Å²) in [6.07, 6.45) is -1.31. The van der Waals surface area contributed by atoms with Crippen molar-refractivity contribution < 1.29 is 30.7 Å². The summed E-state index contributed by atoms with van der Waals surface area (Å²) < 4.78 is 87.9. The summed E-state index contributed by atoms with van der Waals surface area (Å²) >= 11 is 0. The van der Waals surface area contributed by atoms with Gasteiger partial charge in [0.25, 0.3) is 10.0 Å². The van der Waals surface area contributed by atoms with Gasteiger partial charge in [0.15, 0.2) is 0 Å². The van der Waals surface area contributed by atoms with Gasteiger partial charge >= 0.3 is 6.18 Å². The lowest BCUT2D eigenvalue weighted by atomic mass is 9.82. The van der Waals surface area contributed by atoms with Crippen molar-refractivity contribution in [2.45, 2.75) is 23.4 Å². The highest BCUT2D eigenvalue weighted by Crippen LogP contribution is 2.44. The van der Waals surface area contributed by atoms with Crippen LogP contribution in [0.2, 0.25) is 0 Å². The Morgan fingerprint density at radius 3 is 2.32 bits per heavy atom. The number of sulfonamides is 1. The molecule has 6 nitrogen and oxygen atoms in total. The first kappa shape index (κ1) is 24.7. The van der Waals surface area contributed by atoms with Crippen molar-refractivity contribution in [1.29, 1.82) is 0 Å². The summed E-state index contributed by atoms with van der Waals surface area (Å²) in [5.74, 6) is -0.670. The van der Waals surface area contributed by atoms with Crippen LogP contribution in [-0.2, 0) is 16.2 Å². The van der Waals surface area contributed by atoms with E-state index in [0.29, 0.717) is 34.4 Å². The van der Waals surface area contributed by atoms with Gasteiger partial charge in [-0.15, -0.1) is 0 Å². The monoisotopic (exact) mass is 529 g/mol. The molecule has 0 aliphatic carbocycles. The van der Waals surface area contributed by atoms with Gasteiger partial charge in [-0.2, -0.15) is 13.2 Å². The molecule has 1 aliphatic rings. The molecule has 1 unspecified atom stereocenters. The zero-order valence-corrected chi connectivity index (χ0v) is 19.9. The lowest BCUT2D eigenvalue weighted by molar-refractivity contribution is -0.137. The van der Waals surface area contributed by atoms with Crippen LogP contribution in [0.5, 0.6) is 5.75 Å². The molecule has 190 valence electrons. The van der Waals surface area contributed by atoms with Crippen molar-refractivity contribution in [2.24, 2.45) is 0 Å². The Morgan fingerprint density at radius 2 is 1.62 bits per heavy atom. The Morgan fingerprint density at radius 1 is 0.919 bits per heavy atom. The summed E-state index contributed by atoms with van der Waals surface area (Å²) in [7, 11) is -4.02. The summed E-state index contributed by atoms with van der Waals surface area (Å²) in [5.41, 5.74) is 1.15. The molecule has 1 atom stereocenters. The molecule has 1 N–H and O–H groups in total. The fourth-order valence-electron chi connectivity index (χ4n) is 4.31. The largest absolute Gasteiger partial charge is 0.493 e. The van der Waals surface area contributed by atoms with E-state index in [0.717, 1.165) is 12.1 Å². The van der Waals surface area contributed by atoms with Crippen molar-refractivity contribution in [2.75, 3.05) is 11.3 Å². The van der Waals surface area contributed by atoms with E-state index in [1.807, 2.05) is 0 Å². The number of fused-ring (bicyclic) bond motifs is 1. The van der Waals surface area contributed by atoms with Gasteiger partial charge in [0.05, 0.1) is 17.1 Å². The second kappa shape index (κ2) is 9.47. The third-order valence-electron chi connectivity index (χ3n) is 6.04. The molecule has 1 aromatic heterocycles. The summed E-state index contributed by atoms with van der Waals surface area (Å²) in [6, 6.07) is 14.6. The van der Waals surface area contributed by atoms with Crippen LogP contribution in [0.3, 0.4) is 0 Å². The van der Waals surface area contributed by atoms with Crippen molar-refractivity contribution in [3.05, 3.63) is 102 Å². The zero-order valence-electron chi connectivity index (χ0n) is 19.0. The number of aromatic nitrogens is 2. The Labute approximate surface area is 210 Å². The Balaban J connectivity index is 1.56. The maximum Gasteiger partial charge on any atom is 0.416 e. The van der Waals surface area contributed by atoms with Gasteiger partial charge in [-0.3, -0.25) is 0 Å². The SMILES string of the molecule is O=S(=O)(Nc1ncccn1)c1ccc2c(c1)OCCC2c1ccc(C(F)(F)F)cc1-c1ccc(F)cc1. The number of rotatable bonds is 5. The van der Waals surface area contributed by atoms with Crippen LogP contribution in [0, 0.1) is 5.82 Å². The Kier molecular flexibility index (Phi) is 6.32. The van der Waals surface area contributed by atoms with Crippen LogP contribution in [0.4, 0.5) is 23.5 Å². The number of anilines is 1. The summed E-state index contributed by atoms with van der Waals surface area (Å²) in [5, 5.41) is 0. The van der Waals surface area contributed by atoms with Crippen molar-refractivity contribution in [3.8, 4) is 16.9 Å². The van der Waals surface area contributed by atoms with E-state index in [1.165, 1.54) is 54.9 Å². The minimum absolute atomic E-state index is 0.0782. The third-order valence-corrected chi connectivity index (χ3v) is 7.36. The van der Waals surface area contributed by atoms with Crippen LogP contribution in [-0.4, -0.2) is 25.0 Å². The first-order valence-corrected chi connectivity index (χ1v) is 12.6. The lowest BCUT2D eigenvalue weighted by Crippen LogP contribution is -2.19. The first-order valence-electron chi connectivity index (χ1n) is 11.2. The molecule has 4 aromatic rings. The molecule has 1 aliphatic heterocycles. The molecule has 11 heteroatoms. The van der Waals surface area contributed by atoms with E-state index in [2.05, 4.69) is 14.7 Å². The smallest absolute Gasteiger partial charge is 0.416 e. The maximum atomic E-state index is 13.5. The molecule has 0 radical (unpaired) electrons. The normalized spacial score (nSPS) is 15.5. The van der Waals surface area contributed by atoms with E-state index < -0.39 is 27.6 Å². The number of hydrogen-bond acceptors (Lipinski definition) is 5. The minimum Gasteiger partial charge on any atom is -0.493 e. The predicted molar refractivity (Wildman–Crippen MR) is 128 cm³/mol. The minimum atomic E-state index is -4.56. The van der Waals surface area contributed by atoms with E-state index in [1.54, 1.807) is 12.1 Å². The van der Waals surface area contributed by atoms with Crippen LogP contribution >= 0.6 is 0 Å². The second-order valence-corrected chi connectivity index (χ2v) is 10.1. The van der Waals surface area contributed by atoms with Crippen LogP contribution < -0.4 is 9.46 Å². The third kappa shape index (κ3) is 5.12. The van der Waals surface area contributed by atoms with E-state index in [-0.39, 0.29) is 23.4 Å². The number of alkyl halides is 3. The van der Waals surface area contributed by atoms with Crippen LogP contribution in [0.25, 0.3) is 11.1 Å². The highest BCUT2D eigenvalue weighted by molar-refractivity contribution is 7.92. The molecule has 0 amide bonds. The van der Waals surface area contributed by atoms with Gasteiger partial charge in [0.1, 0.15) is 11.6 Å². The summed E-state index contributed by atoms with van der Waals surface area (Å²) in [6.45, 7) is 0.222.